The van der Waals surface area contributed by atoms with Crippen LogP contribution >= 0.6 is 0 Å². The molecule has 1 aliphatic rings. The van der Waals surface area contributed by atoms with Crippen LogP contribution in [0.5, 0.6) is 0 Å². The SMILES string of the molecule is CC(C)CC(CC(=O)NN=O)C(=O)NCC(=O)NC1CC1. The number of carbonyl (C=O) groups is 3. The number of amides is 3. The highest BCUT2D eigenvalue weighted by Gasteiger charge is 2.25. The molecule has 0 heterocycles. The van der Waals surface area contributed by atoms with Crippen molar-refractivity contribution in [1.82, 2.24) is 16.1 Å². The molecule has 0 aromatic heterocycles. The van der Waals surface area contributed by atoms with Crippen LogP contribution in [0, 0.1) is 16.7 Å². The molecule has 0 bridgehead atoms. The Morgan fingerprint density at radius 3 is 2.38 bits per heavy atom. The van der Waals surface area contributed by atoms with Crippen molar-refractivity contribution in [3.8, 4) is 0 Å². The van der Waals surface area contributed by atoms with Gasteiger partial charge in [-0.15, -0.1) is 4.91 Å². The lowest BCUT2D eigenvalue weighted by Gasteiger charge is -2.17. The summed E-state index contributed by atoms with van der Waals surface area (Å²) in [5.74, 6) is -1.57. The predicted octanol–water partition coefficient (Wildman–Crippen LogP) is 0.231. The molecule has 3 N–H and O–H groups in total. The Morgan fingerprint density at radius 1 is 1.19 bits per heavy atom. The van der Waals surface area contributed by atoms with Crippen molar-refractivity contribution in [2.45, 2.75) is 45.6 Å². The highest BCUT2D eigenvalue weighted by Crippen LogP contribution is 2.18. The van der Waals surface area contributed by atoms with Crippen molar-refractivity contribution < 1.29 is 14.4 Å². The number of hydrogen-bond acceptors (Lipinski definition) is 5. The average Bonchev–Trinajstić information content (AvgIpc) is 3.18. The highest BCUT2D eigenvalue weighted by molar-refractivity contribution is 5.89. The van der Waals surface area contributed by atoms with E-state index in [9.17, 15) is 19.3 Å². The van der Waals surface area contributed by atoms with E-state index in [2.05, 4.69) is 15.9 Å². The number of rotatable bonds is 9. The topological polar surface area (TPSA) is 117 Å². The summed E-state index contributed by atoms with van der Waals surface area (Å²) < 4.78 is 0. The van der Waals surface area contributed by atoms with Crippen LogP contribution in [0.4, 0.5) is 0 Å². The van der Waals surface area contributed by atoms with Crippen molar-refractivity contribution in [3.63, 3.8) is 0 Å². The maximum Gasteiger partial charge on any atom is 0.243 e. The van der Waals surface area contributed by atoms with Gasteiger partial charge in [-0.25, -0.2) is 5.43 Å². The molecule has 0 aromatic rings. The lowest BCUT2D eigenvalue weighted by atomic mass is 9.93. The Kier molecular flexibility index (Phi) is 6.77. The van der Waals surface area contributed by atoms with Crippen molar-refractivity contribution >= 4 is 17.7 Å². The summed E-state index contributed by atoms with van der Waals surface area (Å²) in [5.41, 5.74) is 1.77. The molecular weight excluding hydrogens is 276 g/mol. The molecule has 1 unspecified atom stereocenters. The zero-order chi connectivity index (χ0) is 15.8. The zero-order valence-corrected chi connectivity index (χ0v) is 12.3. The summed E-state index contributed by atoms with van der Waals surface area (Å²) in [6, 6.07) is 0.241. The minimum absolute atomic E-state index is 0.0997. The first-order chi connectivity index (χ1) is 9.92. The fourth-order valence-corrected chi connectivity index (χ4v) is 1.99. The Labute approximate surface area is 123 Å². The number of carbonyl (C=O) groups excluding carboxylic acids is 3. The number of nitrogens with zero attached hydrogens (tertiary/aromatic N) is 1. The monoisotopic (exact) mass is 298 g/mol. The third-order valence-electron chi connectivity index (χ3n) is 3.09. The Bertz CT molecular complexity index is 407. The van der Waals surface area contributed by atoms with Gasteiger partial charge in [-0.1, -0.05) is 13.8 Å². The molecule has 3 amide bonds. The largest absolute Gasteiger partial charge is 0.352 e. The number of nitroso groups, excluding NO2 is 1. The van der Waals surface area contributed by atoms with Crippen LogP contribution < -0.4 is 16.1 Å². The van der Waals surface area contributed by atoms with Crippen molar-refractivity contribution in [2.24, 2.45) is 17.1 Å². The summed E-state index contributed by atoms with van der Waals surface area (Å²) in [4.78, 5) is 44.9. The average molecular weight is 298 g/mol. The molecule has 8 nitrogen and oxygen atoms in total. The molecule has 1 fully saturated rings. The quantitative estimate of drug-likeness (QED) is 0.417. The molecule has 1 saturated carbocycles. The summed E-state index contributed by atoms with van der Waals surface area (Å²) in [6.45, 7) is 3.75. The molecule has 0 aromatic carbocycles. The second-order valence-corrected chi connectivity index (χ2v) is 5.72. The fourth-order valence-electron chi connectivity index (χ4n) is 1.99. The molecule has 0 radical (unpaired) electrons. The van der Waals surface area contributed by atoms with Gasteiger partial charge in [0.25, 0.3) is 0 Å². The van der Waals surface area contributed by atoms with Crippen LogP contribution in [0.2, 0.25) is 0 Å². The van der Waals surface area contributed by atoms with Gasteiger partial charge in [0, 0.05) is 18.4 Å². The Morgan fingerprint density at radius 2 is 1.86 bits per heavy atom. The highest BCUT2D eigenvalue weighted by atomic mass is 16.3. The van der Waals surface area contributed by atoms with E-state index in [-0.39, 0.29) is 36.7 Å². The first kappa shape index (κ1) is 17.1. The van der Waals surface area contributed by atoms with Crippen LogP contribution in [-0.2, 0) is 14.4 Å². The molecule has 1 atom stereocenters. The number of nitrogens with one attached hydrogen (secondary N) is 3. The van der Waals surface area contributed by atoms with Crippen molar-refractivity contribution in [2.75, 3.05) is 6.54 Å². The fraction of sp³-hybridized carbons (Fsp3) is 0.769. The zero-order valence-electron chi connectivity index (χ0n) is 12.3. The van der Waals surface area contributed by atoms with E-state index in [1.54, 1.807) is 5.43 Å². The predicted molar refractivity (Wildman–Crippen MR) is 75.7 cm³/mol. The molecule has 0 spiro atoms. The molecule has 1 rings (SSSR count). The lowest BCUT2D eigenvalue weighted by molar-refractivity contribution is -0.132. The van der Waals surface area contributed by atoms with Crippen molar-refractivity contribution in [3.05, 3.63) is 4.91 Å². The normalized spacial score (nSPS) is 15.2. The van der Waals surface area contributed by atoms with Crippen LogP contribution in [0.1, 0.15) is 39.5 Å². The first-order valence-corrected chi connectivity index (χ1v) is 7.10. The molecule has 1 aliphatic carbocycles. The van der Waals surface area contributed by atoms with E-state index < -0.39 is 11.8 Å². The maximum absolute atomic E-state index is 12.0. The van der Waals surface area contributed by atoms with E-state index in [1.807, 2.05) is 13.8 Å². The van der Waals surface area contributed by atoms with Gasteiger partial charge in [0.05, 0.1) is 11.8 Å². The van der Waals surface area contributed by atoms with E-state index in [0.29, 0.717) is 6.42 Å². The Balaban J connectivity index is 2.42. The summed E-state index contributed by atoms with van der Waals surface area (Å²) in [7, 11) is 0. The van der Waals surface area contributed by atoms with Gasteiger partial charge in [0.2, 0.25) is 17.7 Å². The summed E-state index contributed by atoms with van der Waals surface area (Å²) in [6.07, 6.45) is 2.32. The summed E-state index contributed by atoms with van der Waals surface area (Å²) in [5, 5.41) is 7.59. The van der Waals surface area contributed by atoms with Gasteiger partial charge in [-0.2, -0.15) is 0 Å². The second-order valence-electron chi connectivity index (χ2n) is 5.72. The molecule has 0 saturated heterocycles. The van der Waals surface area contributed by atoms with Crippen LogP contribution in [-0.4, -0.2) is 30.3 Å². The van der Waals surface area contributed by atoms with E-state index in [0.717, 1.165) is 12.8 Å². The van der Waals surface area contributed by atoms with Gasteiger partial charge < -0.3 is 10.6 Å². The van der Waals surface area contributed by atoms with Crippen LogP contribution in [0.3, 0.4) is 0 Å². The smallest absolute Gasteiger partial charge is 0.243 e. The van der Waals surface area contributed by atoms with E-state index >= 15 is 0 Å². The first-order valence-electron chi connectivity index (χ1n) is 7.10. The third kappa shape index (κ3) is 7.38. The van der Waals surface area contributed by atoms with Crippen LogP contribution in [0.15, 0.2) is 5.29 Å². The van der Waals surface area contributed by atoms with Gasteiger partial charge in [-0.05, 0) is 25.2 Å². The Hall–Kier alpha value is -1.99. The molecule has 118 valence electrons. The van der Waals surface area contributed by atoms with Gasteiger partial charge >= 0.3 is 0 Å². The molecule has 0 aliphatic heterocycles. The molecule has 8 heteroatoms. The molecule has 21 heavy (non-hydrogen) atoms. The standard InChI is InChI=1S/C13H22N4O4/c1-8(2)5-9(6-11(18)16-17-21)13(20)14-7-12(19)15-10-3-4-10/h8-10H,3-7H2,1-2H3,(H,14,20)(H,15,19)(H,16,18,21). The van der Waals surface area contributed by atoms with Crippen molar-refractivity contribution in [1.29, 1.82) is 0 Å². The second kappa shape index (κ2) is 8.33. The lowest BCUT2D eigenvalue weighted by Crippen LogP contribution is -2.41. The molecular formula is C13H22N4O4. The minimum Gasteiger partial charge on any atom is -0.352 e. The van der Waals surface area contributed by atoms with Gasteiger partial charge in [-0.3, -0.25) is 14.4 Å². The van der Waals surface area contributed by atoms with E-state index in [4.69, 9.17) is 0 Å². The van der Waals surface area contributed by atoms with Gasteiger partial charge in [0.1, 0.15) is 0 Å². The third-order valence-corrected chi connectivity index (χ3v) is 3.09. The minimum atomic E-state index is -0.603. The number of hydrogen-bond donors (Lipinski definition) is 3. The summed E-state index contributed by atoms with van der Waals surface area (Å²) >= 11 is 0. The van der Waals surface area contributed by atoms with Crippen LogP contribution in [0.25, 0.3) is 0 Å². The maximum atomic E-state index is 12.0. The van der Waals surface area contributed by atoms with E-state index in [1.165, 1.54) is 0 Å². The van der Waals surface area contributed by atoms with Gasteiger partial charge in [0.15, 0.2) is 0 Å².